The summed E-state index contributed by atoms with van der Waals surface area (Å²) in [6, 6.07) is -0.482. The number of nitrogens with one attached hydrogen (secondary N) is 1. The van der Waals surface area contributed by atoms with E-state index in [2.05, 4.69) is 15.2 Å². The van der Waals surface area contributed by atoms with Crippen LogP contribution < -0.4 is 11.1 Å². The van der Waals surface area contributed by atoms with Gasteiger partial charge in [-0.25, -0.2) is 4.98 Å². The lowest BCUT2D eigenvalue weighted by Crippen LogP contribution is -2.39. The van der Waals surface area contributed by atoms with Crippen LogP contribution in [0.5, 0.6) is 0 Å². The van der Waals surface area contributed by atoms with E-state index in [1.54, 1.807) is 0 Å². The van der Waals surface area contributed by atoms with Crippen LogP contribution in [0.2, 0.25) is 0 Å². The Labute approximate surface area is 136 Å². The molecule has 1 atom stereocenters. The Balaban J connectivity index is 0.00000220. The van der Waals surface area contributed by atoms with Crippen LogP contribution in [0.25, 0.3) is 0 Å². The fourth-order valence-electron chi connectivity index (χ4n) is 2.28. The largest absolute Gasteiger partial charge is 0.320 e. The van der Waals surface area contributed by atoms with Crippen LogP contribution in [-0.4, -0.2) is 34.9 Å². The third kappa shape index (κ3) is 5.54. The van der Waals surface area contributed by atoms with E-state index < -0.39 is 6.04 Å². The highest BCUT2D eigenvalue weighted by molar-refractivity contribution is 7.13. The van der Waals surface area contributed by atoms with Gasteiger partial charge in [-0.1, -0.05) is 20.3 Å². The molecule has 0 unspecified atom stereocenters. The van der Waals surface area contributed by atoms with Crippen LogP contribution in [-0.2, 0) is 11.3 Å². The molecule has 1 aliphatic rings. The maximum absolute atomic E-state index is 11.9. The lowest BCUT2D eigenvalue weighted by Gasteiger charge is -2.25. The zero-order valence-corrected chi connectivity index (χ0v) is 14.3. The summed E-state index contributed by atoms with van der Waals surface area (Å²) < 4.78 is 0. The van der Waals surface area contributed by atoms with Gasteiger partial charge in [-0.2, -0.15) is 0 Å². The molecular formula is C14H25ClN4OS. The molecule has 7 heteroatoms. The number of halogens is 1. The molecule has 120 valence electrons. The summed E-state index contributed by atoms with van der Waals surface area (Å²) in [5.41, 5.74) is 6.85. The Kier molecular flexibility index (Phi) is 7.59. The van der Waals surface area contributed by atoms with Crippen molar-refractivity contribution in [2.45, 2.75) is 45.7 Å². The van der Waals surface area contributed by atoms with Gasteiger partial charge in [-0.05, 0) is 31.8 Å². The average Bonchev–Trinajstić information content (AvgIpc) is 2.86. The fourth-order valence-corrected chi connectivity index (χ4v) is 2.98. The van der Waals surface area contributed by atoms with Crippen LogP contribution in [0, 0.1) is 5.92 Å². The van der Waals surface area contributed by atoms with Crippen molar-refractivity contribution in [2.75, 3.05) is 18.4 Å². The molecule has 0 saturated carbocycles. The van der Waals surface area contributed by atoms with Gasteiger partial charge in [0.2, 0.25) is 5.91 Å². The molecule has 1 amide bonds. The van der Waals surface area contributed by atoms with E-state index in [4.69, 9.17) is 5.73 Å². The number of carbonyl (C=O) groups is 1. The number of nitrogens with two attached hydrogens (primary N) is 1. The monoisotopic (exact) mass is 332 g/mol. The highest BCUT2D eigenvalue weighted by Gasteiger charge is 2.19. The Bertz CT molecular complexity index is 446. The van der Waals surface area contributed by atoms with Gasteiger partial charge in [0.15, 0.2) is 5.13 Å². The van der Waals surface area contributed by atoms with Gasteiger partial charge in [-0.3, -0.25) is 9.69 Å². The summed E-state index contributed by atoms with van der Waals surface area (Å²) in [4.78, 5) is 18.8. The van der Waals surface area contributed by atoms with Crippen molar-refractivity contribution in [1.29, 1.82) is 0 Å². The average molecular weight is 333 g/mol. The number of aromatic nitrogens is 1. The van der Waals surface area contributed by atoms with Gasteiger partial charge in [0.05, 0.1) is 11.7 Å². The molecule has 21 heavy (non-hydrogen) atoms. The number of piperidine rings is 1. The third-order valence-corrected chi connectivity index (χ3v) is 4.44. The summed E-state index contributed by atoms with van der Waals surface area (Å²) in [5.74, 6) is -0.0262. The molecular weight excluding hydrogens is 308 g/mol. The van der Waals surface area contributed by atoms with Crippen LogP contribution >= 0.6 is 23.7 Å². The van der Waals surface area contributed by atoms with E-state index in [9.17, 15) is 4.79 Å². The topological polar surface area (TPSA) is 71.2 Å². The highest BCUT2D eigenvalue weighted by atomic mass is 35.5. The first-order chi connectivity index (χ1) is 9.56. The number of anilines is 1. The molecule has 0 bridgehead atoms. The SMILES string of the molecule is CC(C)[C@H](N)C(=O)Nc1nc(CN2CCCCC2)cs1.Cl. The highest BCUT2D eigenvalue weighted by Crippen LogP contribution is 2.19. The van der Waals surface area contributed by atoms with Crippen molar-refractivity contribution >= 4 is 34.8 Å². The van der Waals surface area contributed by atoms with Gasteiger partial charge in [0, 0.05) is 11.9 Å². The first-order valence-corrected chi connectivity index (χ1v) is 8.17. The minimum Gasteiger partial charge on any atom is -0.320 e. The van der Waals surface area contributed by atoms with Crippen molar-refractivity contribution in [3.05, 3.63) is 11.1 Å². The Hall–Kier alpha value is -0.690. The molecule has 2 rings (SSSR count). The number of nitrogens with zero attached hydrogens (tertiary/aromatic N) is 2. The number of thiazole rings is 1. The Morgan fingerprint density at radius 2 is 2.10 bits per heavy atom. The predicted molar refractivity (Wildman–Crippen MR) is 89.9 cm³/mol. The minimum absolute atomic E-state index is 0. The molecule has 3 N–H and O–H groups in total. The molecule has 1 aliphatic heterocycles. The molecule has 0 radical (unpaired) electrons. The second-order valence-electron chi connectivity index (χ2n) is 5.74. The maximum atomic E-state index is 11.9. The van der Waals surface area contributed by atoms with E-state index >= 15 is 0 Å². The van der Waals surface area contributed by atoms with Crippen LogP contribution in [0.15, 0.2) is 5.38 Å². The quantitative estimate of drug-likeness (QED) is 0.869. The fraction of sp³-hybridized carbons (Fsp3) is 0.714. The smallest absolute Gasteiger partial charge is 0.243 e. The first kappa shape index (κ1) is 18.4. The number of amides is 1. The van der Waals surface area contributed by atoms with Gasteiger partial charge in [0.1, 0.15) is 0 Å². The number of hydrogen-bond donors (Lipinski definition) is 2. The Morgan fingerprint density at radius 1 is 1.43 bits per heavy atom. The van der Waals surface area contributed by atoms with Crippen molar-refractivity contribution in [1.82, 2.24) is 9.88 Å². The molecule has 1 fully saturated rings. The molecule has 0 aliphatic carbocycles. The summed E-state index contributed by atoms with van der Waals surface area (Å²) in [6.45, 7) is 7.05. The second-order valence-corrected chi connectivity index (χ2v) is 6.60. The van der Waals surface area contributed by atoms with Crippen molar-refractivity contribution in [3.63, 3.8) is 0 Å². The lowest BCUT2D eigenvalue weighted by atomic mass is 10.1. The molecule has 5 nitrogen and oxygen atoms in total. The van der Waals surface area contributed by atoms with E-state index in [1.165, 1.54) is 30.6 Å². The summed E-state index contributed by atoms with van der Waals surface area (Å²) >= 11 is 1.47. The minimum atomic E-state index is -0.482. The predicted octanol–water partition coefficient (Wildman–Crippen LogP) is 2.47. The summed E-state index contributed by atoms with van der Waals surface area (Å²) in [6.07, 6.45) is 3.88. The lowest BCUT2D eigenvalue weighted by molar-refractivity contribution is -0.118. The summed E-state index contributed by atoms with van der Waals surface area (Å²) in [7, 11) is 0. The molecule has 2 heterocycles. The van der Waals surface area contributed by atoms with Gasteiger partial charge < -0.3 is 11.1 Å². The van der Waals surface area contributed by atoms with E-state index in [0.717, 1.165) is 25.3 Å². The second kappa shape index (κ2) is 8.68. The first-order valence-electron chi connectivity index (χ1n) is 7.29. The standard InChI is InChI=1S/C14H24N4OS.ClH/c1-10(2)12(15)13(19)17-14-16-11(9-20-14)8-18-6-4-3-5-7-18;/h9-10,12H,3-8,15H2,1-2H3,(H,16,17,19);1H/t12-;/m0./s1. The molecule has 1 saturated heterocycles. The molecule has 0 spiro atoms. The van der Waals surface area contributed by atoms with Crippen molar-refractivity contribution in [2.24, 2.45) is 11.7 Å². The maximum Gasteiger partial charge on any atom is 0.243 e. The van der Waals surface area contributed by atoms with Gasteiger partial charge in [-0.15, -0.1) is 23.7 Å². The number of rotatable bonds is 5. The van der Waals surface area contributed by atoms with E-state index in [1.807, 2.05) is 19.2 Å². The number of carbonyl (C=O) groups excluding carboxylic acids is 1. The van der Waals surface area contributed by atoms with Crippen molar-refractivity contribution in [3.8, 4) is 0 Å². The van der Waals surface area contributed by atoms with Crippen LogP contribution in [0.1, 0.15) is 38.8 Å². The summed E-state index contributed by atoms with van der Waals surface area (Å²) in [5, 5.41) is 5.48. The van der Waals surface area contributed by atoms with Crippen LogP contribution in [0.4, 0.5) is 5.13 Å². The van der Waals surface area contributed by atoms with Gasteiger partial charge >= 0.3 is 0 Å². The third-order valence-electron chi connectivity index (χ3n) is 3.64. The number of likely N-dealkylation sites (tertiary alicyclic amines) is 1. The van der Waals surface area contributed by atoms with E-state index in [-0.39, 0.29) is 24.2 Å². The van der Waals surface area contributed by atoms with Crippen molar-refractivity contribution < 1.29 is 4.79 Å². The van der Waals surface area contributed by atoms with E-state index in [0.29, 0.717) is 5.13 Å². The number of hydrogen-bond acceptors (Lipinski definition) is 5. The molecule has 0 aromatic carbocycles. The molecule has 1 aromatic heterocycles. The Morgan fingerprint density at radius 3 is 2.71 bits per heavy atom. The zero-order chi connectivity index (χ0) is 14.5. The normalized spacial score (nSPS) is 17.3. The zero-order valence-electron chi connectivity index (χ0n) is 12.7. The van der Waals surface area contributed by atoms with Gasteiger partial charge in [0.25, 0.3) is 0 Å². The molecule has 1 aromatic rings. The van der Waals surface area contributed by atoms with Crippen LogP contribution in [0.3, 0.4) is 0 Å².